The number of alkyl halides is 3. The summed E-state index contributed by atoms with van der Waals surface area (Å²) in [7, 11) is 1.79. The lowest BCUT2D eigenvalue weighted by Gasteiger charge is -2.12. The van der Waals surface area contributed by atoms with Crippen molar-refractivity contribution in [1.29, 1.82) is 0 Å². The van der Waals surface area contributed by atoms with Gasteiger partial charge in [-0.25, -0.2) is 0 Å². The zero-order chi connectivity index (χ0) is 22.5. The van der Waals surface area contributed by atoms with E-state index in [-0.39, 0.29) is 18.6 Å². The number of benzene rings is 2. The van der Waals surface area contributed by atoms with E-state index in [0.29, 0.717) is 16.9 Å². The summed E-state index contributed by atoms with van der Waals surface area (Å²) in [6.45, 7) is 3.41. The molecule has 0 aliphatic rings. The van der Waals surface area contributed by atoms with Crippen molar-refractivity contribution in [2.45, 2.75) is 26.1 Å². The minimum atomic E-state index is -4.41. The Hall–Kier alpha value is -3.33. The van der Waals surface area contributed by atoms with Crippen molar-refractivity contribution in [2.75, 3.05) is 6.61 Å². The number of aliphatic hydroxyl groups excluding tert-OH is 1. The number of halogens is 3. The zero-order valence-corrected chi connectivity index (χ0v) is 17.2. The molecule has 0 fully saturated rings. The molecule has 4 rings (SSSR count). The molecule has 1 amide bonds. The molecule has 2 N–H and O–H groups in total. The van der Waals surface area contributed by atoms with E-state index in [1.807, 2.05) is 6.92 Å². The van der Waals surface area contributed by atoms with Crippen molar-refractivity contribution < 1.29 is 23.1 Å². The Morgan fingerprint density at radius 3 is 2.48 bits per heavy atom. The second kappa shape index (κ2) is 7.42. The molecule has 2 heterocycles. The average Bonchev–Trinajstić information content (AvgIpc) is 3.20. The number of amides is 1. The first-order valence-corrected chi connectivity index (χ1v) is 9.69. The molecule has 0 saturated carbocycles. The van der Waals surface area contributed by atoms with Crippen molar-refractivity contribution in [2.24, 2.45) is 7.05 Å². The summed E-state index contributed by atoms with van der Waals surface area (Å²) in [5, 5.41) is 18.0. The van der Waals surface area contributed by atoms with Gasteiger partial charge in [0.25, 0.3) is 5.91 Å². The molecule has 0 spiro atoms. The maximum absolute atomic E-state index is 13.0. The molecule has 6 nitrogen and oxygen atoms in total. The average molecular weight is 430 g/mol. The van der Waals surface area contributed by atoms with E-state index in [9.17, 15) is 23.1 Å². The molecule has 2 aromatic heterocycles. The largest absolute Gasteiger partial charge is 0.416 e. The predicted octanol–water partition coefficient (Wildman–Crippen LogP) is 3.96. The van der Waals surface area contributed by atoms with Crippen molar-refractivity contribution in [3.63, 3.8) is 0 Å². The lowest BCUT2D eigenvalue weighted by molar-refractivity contribution is -0.137. The van der Waals surface area contributed by atoms with Gasteiger partial charge in [0.15, 0.2) is 5.65 Å². The molecule has 0 aliphatic heterocycles. The van der Waals surface area contributed by atoms with Crippen LogP contribution in [-0.4, -0.2) is 38.0 Å². The Bertz CT molecular complexity index is 1290. The van der Waals surface area contributed by atoms with E-state index in [4.69, 9.17) is 0 Å². The first-order valence-electron chi connectivity index (χ1n) is 9.69. The van der Waals surface area contributed by atoms with Gasteiger partial charge < -0.3 is 10.4 Å². The van der Waals surface area contributed by atoms with Crippen LogP contribution < -0.4 is 5.32 Å². The van der Waals surface area contributed by atoms with Crippen molar-refractivity contribution in [3.8, 4) is 5.69 Å². The fourth-order valence-corrected chi connectivity index (χ4v) is 3.66. The van der Waals surface area contributed by atoms with Gasteiger partial charge in [-0.05, 0) is 56.3 Å². The monoisotopic (exact) mass is 430 g/mol. The Kier molecular flexibility index (Phi) is 5.01. The Morgan fingerprint density at radius 2 is 1.87 bits per heavy atom. The number of nitrogens with zero attached hydrogens (tertiary/aromatic N) is 3. The summed E-state index contributed by atoms with van der Waals surface area (Å²) in [5.74, 6) is -0.319. The number of fused-ring (bicyclic) bond motifs is 3. The van der Waals surface area contributed by atoms with Crippen molar-refractivity contribution in [1.82, 2.24) is 19.7 Å². The van der Waals surface area contributed by atoms with E-state index in [1.54, 1.807) is 41.4 Å². The van der Waals surface area contributed by atoms with Crippen molar-refractivity contribution >= 4 is 27.8 Å². The molecule has 0 saturated heterocycles. The van der Waals surface area contributed by atoms with Crippen LogP contribution in [0, 0.1) is 6.92 Å². The van der Waals surface area contributed by atoms with Crippen LogP contribution in [0.25, 0.3) is 27.6 Å². The fraction of sp³-hybridized carbons (Fsp3) is 0.273. The summed E-state index contributed by atoms with van der Waals surface area (Å²) in [6, 6.07) is 9.67. The third-order valence-electron chi connectivity index (χ3n) is 5.40. The van der Waals surface area contributed by atoms with E-state index in [2.05, 4.69) is 10.4 Å². The van der Waals surface area contributed by atoms with E-state index >= 15 is 0 Å². The van der Waals surface area contributed by atoms with Gasteiger partial charge >= 0.3 is 6.18 Å². The van der Waals surface area contributed by atoms with Crippen molar-refractivity contribution in [3.05, 3.63) is 59.3 Å². The first-order chi connectivity index (χ1) is 14.6. The topological polar surface area (TPSA) is 72.1 Å². The van der Waals surface area contributed by atoms with Crippen LogP contribution in [0.1, 0.15) is 28.5 Å². The molecule has 0 aliphatic carbocycles. The van der Waals surface area contributed by atoms with Gasteiger partial charge in [0.05, 0.1) is 17.7 Å². The number of carbonyl (C=O) groups is 1. The number of aryl methyl sites for hydroxylation is 2. The number of aromatic nitrogens is 3. The van der Waals surface area contributed by atoms with Crippen LogP contribution >= 0.6 is 0 Å². The molecule has 2 aromatic carbocycles. The van der Waals surface area contributed by atoms with Crippen LogP contribution in [0.3, 0.4) is 0 Å². The molecule has 0 radical (unpaired) electrons. The number of aliphatic hydroxyl groups is 1. The third-order valence-corrected chi connectivity index (χ3v) is 5.40. The van der Waals surface area contributed by atoms with Gasteiger partial charge in [0.2, 0.25) is 0 Å². The predicted molar refractivity (Wildman–Crippen MR) is 111 cm³/mol. The highest BCUT2D eigenvalue weighted by Gasteiger charge is 2.30. The molecule has 162 valence electrons. The van der Waals surface area contributed by atoms with Crippen LogP contribution in [0.5, 0.6) is 0 Å². The molecule has 0 unspecified atom stereocenters. The smallest absolute Gasteiger partial charge is 0.394 e. The molecule has 4 aromatic rings. The quantitative estimate of drug-likeness (QED) is 0.515. The van der Waals surface area contributed by atoms with Crippen LogP contribution in [-0.2, 0) is 13.2 Å². The molecule has 0 bridgehead atoms. The normalized spacial score (nSPS) is 13.1. The Balaban J connectivity index is 1.91. The molecular weight excluding hydrogens is 409 g/mol. The van der Waals surface area contributed by atoms with Crippen LogP contribution in [0.15, 0.2) is 42.5 Å². The summed E-state index contributed by atoms with van der Waals surface area (Å²) >= 11 is 0. The highest BCUT2D eigenvalue weighted by Crippen LogP contribution is 2.35. The number of hydrogen-bond acceptors (Lipinski definition) is 3. The maximum atomic E-state index is 13.0. The van der Waals surface area contributed by atoms with E-state index in [0.717, 1.165) is 34.1 Å². The van der Waals surface area contributed by atoms with Gasteiger partial charge in [-0.1, -0.05) is 0 Å². The lowest BCUT2D eigenvalue weighted by Crippen LogP contribution is -2.34. The molecule has 1 atom stereocenters. The maximum Gasteiger partial charge on any atom is 0.416 e. The SMILES string of the molecule is Cc1c2c3cc(C(=O)N[C@H](C)CO)ccc3n(-c3ccc(C(F)(F)F)cc3)c2nn1C. The summed E-state index contributed by atoms with van der Waals surface area (Å²) in [5.41, 5.74) is 2.42. The molecule has 9 heteroatoms. The standard InChI is InChI=1S/C22H21F3N4O2/c1-12(11-30)26-21(31)14-4-9-18-17(10-14)19-13(2)28(3)27-20(19)29(18)16-7-5-15(6-8-16)22(23,24)25/h4-10,12,30H,11H2,1-3H3,(H,26,31)/t12-/m1/s1. The summed E-state index contributed by atoms with van der Waals surface area (Å²) in [6.07, 6.45) is -4.41. The van der Waals surface area contributed by atoms with E-state index in [1.165, 1.54) is 12.1 Å². The number of hydrogen-bond donors (Lipinski definition) is 2. The van der Waals surface area contributed by atoms with Gasteiger partial charge in [0, 0.05) is 40.8 Å². The summed E-state index contributed by atoms with van der Waals surface area (Å²) in [4.78, 5) is 12.5. The third kappa shape index (κ3) is 3.54. The van der Waals surface area contributed by atoms with Crippen LogP contribution in [0.4, 0.5) is 13.2 Å². The first kappa shape index (κ1) is 20.9. The van der Waals surface area contributed by atoms with Gasteiger partial charge in [-0.3, -0.25) is 14.0 Å². The Labute approximate surface area is 175 Å². The van der Waals surface area contributed by atoms with Gasteiger partial charge in [0.1, 0.15) is 0 Å². The number of rotatable bonds is 4. The second-order valence-corrected chi connectivity index (χ2v) is 7.58. The minimum Gasteiger partial charge on any atom is -0.394 e. The van der Waals surface area contributed by atoms with Gasteiger partial charge in [-0.2, -0.15) is 18.3 Å². The van der Waals surface area contributed by atoms with Crippen LogP contribution in [0.2, 0.25) is 0 Å². The summed E-state index contributed by atoms with van der Waals surface area (Å²) < 4.78 is 42.4. The lowest BCUT2D eigenvalue weighted by atomic mass is 10.1. The molecule has 31 heavy (non-hydrogen) atoms. The van der Waals surface area contributed by atoms with E-state index < -0.39 is 11.7 Å². The number of nitrogens with one attached hydrogen (secondary N) is 1. The highest BCUT2D eigenvalue weighted by atomic mass is 19.4. The highest BCUT2D eigenvalue weighted by molar-refractivity contribution is 6.11. The minimum absolute atomic E-state index is 0.176. The van der Waals surface area contributed by atoms with Gasteiger partial charge in [-0.15, -0.1) is 0 Å². The number of carbonyl (C=O) groups excluding carboxylic acids is 1. The fourth-order valence-electron chi connectivity index (χ4n) is 3.66. The molecular formula is C22H21F3N4O2. The Morgan fingerprint density at radius 1 is 1.19 bits per heavy atom. The zero-order valence-electron chi connectivity index (χ0n) is 17.2. The second-order valence-electron chi connectivity index (χ2n) is 7.58.